The average molecular weight is 503 g/mol. The number of imidazole rings is 1. The molecule has 11 nitrogen and oxygen atoms in total. The van der Waals surface area contributed by atoms with Crippen LogP contribution in [0.5, 0.6) is 0 Å². The number of nitrogens with zero attached hydrogens (tertiary/aromatic N) is 8. The number of alkyl halides is 5. The van der Waals surface area contributed by atoms with Gasteiger partial charge in [-0.15, -0.1) is 20.4 Å². The molecule has 180 valence electrons. The van der Waals surface area contributed by atoms with Crippen LogP contribution in [-0.4, -0.2) is 65.7 Å². The van der Waals surface area contributed by atoms with E-state index in [1.54, 1.807) is 0 Å². The zero-order valence-corrected chi connectivity index (χ0v) is 18.4. The molecule has 0 spiro atoms. The highest BCUT2D eigenvalue weighted by atomic mass is 32.2. The Morgan fingerprint density at radius 3 is 2.41 bits per heavy atom. The van der Waals surface area contributed by atoms with Gasteiger partial charge < -0.3 is 4.57 Å². The van der Waals surface area contributed by atoms with Crippen molar-refractivity contribution >= 4 is 21.0 Å². The number of nitrogens with one attached hydrogen (secondary N) is 1. The molecular weight excluding hydrogens is 489 g/mol. The molecule has 4 aromatic heterocycles. The molecule has 4 aromatic rings. The smallest absolute Gasteiger partial charge is 0.309 e. The van der Waals surface area contributed by atoms with Gasteiger partial charge in [0.15, 0.2) is 21.3 Å². The van der Waals surface area contributed by atoms with Crippen molar-refractivity contribution in [2.24, 2.45) is 7.05 Å². The Bertz CT molecular complexity index is 1500. The molecule has 0 unspecified atom stereocenters. The molecule has 0 saturated heterocycles. The van der Waals surface area contributed by atoms with Crippen LogP contribution < -0.4 is 0 Å². The number of aryl methyl sites for hydroxylation is 2. The van der Waals surface area contributed by atoms with Gasteiger partial charge in [0.2, 0.25) is 5.82 Å². The molecule has 0 fully saturated rings. The molecule has 0 aliphatic carbocycles. The van der Waals surface area contributed by atoms with Crippen LogP contribution in [0.4, 0.5) is 22.0 Å². The van der Waals surface area contributed by atoms with Gasteiger partial charge in [0.1, 0.15) is 16.9 Å². The summed E-state index contributed by atoms with van der Waals surface area (Å²) in [5.74, 6) is -5.65. The Balaban J connectivity index is 1.97. The maximum atomic E-state index is 14.0. The summed E-state index contributed by atoms with van der Waals surface area (Å²) in [5, 5.41) is 19.8. The molecule has 0 saturated carbocycles. The molecule has 34 heavy (non-hydrogen) atoms. The van der Waals surface area contributed by atoms with E-state index < -0.39 is 33.2 Å². The Labute approximate surface area is 187 Å². The average Bonchev–Trinajstić information content (AvgIpc) is 3.42. The fourth-order valence-corrected chi connectivity index (χ4v) is 4.25. The number of H-pyrrole nitrogens is 1. The molecule has 0 bridgehead atoms. The molecule has 0 aromatic carbocycles. The van der Waals surface area contributed by atoms with Gasteiger partial charge in [0, 0.05) is 24.4 Å². The Morgan fingerprint density at radius 2 is 1.82 bits per heavy atom. The van der Waals surface area contributed by atoms with Gasteiger partial charge in [0.05, 0.1) is 10.6 Å². The summed E-state index contributed by atoms with van der Waals surface area (Å²) in [7, 11) is -2.54. The van der Waals surface area contributed by atoms with Crippen LogP contribution in [0.3, 0.4) is 0 Å². The van der Waals surface area contributed by atoms with Crippen molar-refractivity contribution in [2.75, 3.05) is 5.75 Å². The van der Waals surface area contributed by atoms with Crippen molar-refractivity contribution in [3.8, 4) is 22.9 Å². The van der Waals surface area contributed by atoms with Gasteiger partial charge >= 0.3 is 12.1 Å². The number of sulfone groups is 1. The molecule has 1 N–H and O–H groups in total. The molecule has 0 atom stereocenters. The lowest BCUT2D eigenvalue weighted by molar-refractivity contribution is -0.291. The van der Waals surface area contributed by atoms with Crippen LogP contribution in [0.25, 0.3) is 34.1 Å². The highest BCUT2D eigenvalue weighted by Gasteiger charge is 2.61. The van der Waals surface area contributed by atoms with E-state index in [0.717, 1.165) is 6.92 Å². The van der Waals surface area contributed by atoms with Gasteiger partial charge in [-0.25, -0.2) is 13.4 Å². The fraction of sp³-hybridized carbons (Fsp3) is 0.353. The van der Waals surface area contributed by atoms with E-state index in [2.05, 4.69) is 40.8 Å². The molecule has 17 heteroatoms. The van der Waals surface area contributed by atoms with Gasteiger partial charge in [0.25, 0.3) is 0 Å². The number of aromatic amines is 1. The molecule has 4 rings (SSSR count). The molecule has 0 amide bonds. The monoisotopic (exact) mass is 503 g/mol. The normalized spacial score (nSPS) is 13.1. The Morgan fingerprint density at radius 1 is 1.12 bits per heavy atom. The van der Waals surface area contributed by atoms with E-state index in [1.165, 1.54) is 30.8 Å². The highest BCUT2D eigenvalue weighted by molar-refractivity contribution is 7.91. The van der Waals surface area contributed by atoms with E-state index in [-0.39, 0.29) is 44.7 Å². The van der Waals surface area contributed by atoms with Crippen molar-refractivity contribution in [3.63, 3.8) is 0 Å². The van der Waals surface area contributed by atoms with Gasteiger partial charge in [-0.1, -0.05) is 6.92 Å². The summed E-state index contributed by atoms with van der Waals surface area (Å²) < 4.78 is 93.4. The van der Waals surface area contributed by atoms with E-state index in [0.29, 0.717) is 0 Å². The number of halogens is 5. The summed E-state index contributed by atoms with van der Waals surface area (Å²) in [6.07, 6.45) is -4.65. The zero-order valence-electron chi connectivity index (χ0n) is 17.6. The van der Waals surface area contributed by atoms with Crippen LogP contribution in [-0.2, 0) is 22.8 Å². The largest absolute Gasteiger partial charge is 0.459 e. The standard InChI is InChI=1S/C17H14F5N9O2S/c1-4-34(32,33)9-5-8(13-26-29-30-27-13)6-23-11(9)14-24-10-7(2)12(16(18,19)17(20,21)22)25-28-15(10)31(14)3/h5-6H,4H2,1-3H3,(H,26,27,29,30). The van der Waals surface area contributed by atoms with Crippen LogP contribution in [0, 0.1) is 6.92 Å². The summed E-state index contributed by atoms with van der Waals surface area (Å²) >= 11 is 0. The first kappa shape index (κ1) is 23.5. The Kier molecular flexibility index (Phi) is 5.34. The third kappa shape index (κ3) is 3.55. The first-order valence-electron chi connectivity index (χ1n) is 9.41. The number of fused-ring (bicyclic) bond motifs is 1. The maximum Gasteiger partial charge on any atom is 0.459 e. The summed E-state index contributed by atoms with van der Waals surface area (Å²) in [4.78, 5) is 8.00. The number of pyridine rings is 1. The van der Waals surface area contributed by atoms with Crippen molar-refractivity contribution in [1.82, 2.24) is 45.4 Å². The SMILES string of the molecule is CCS(=O)(=O)c1cc(-c2nn[nH]n2)cnc1-c1nc2c(C)c(C(F)(F)C(F)(F)F)nnc2n1C. The number of tetrazole rings is 1. The van der Waals surface area contributed by atoms with Crippen LogP contribution in [0.1, 0.15) is 18.2 Å². The van der Waals surface area contributed by atoms with Crippen molar-refractivity contribution < 1.29 is 30.4 Å². The lowest BCUT2D eigenvalue weighted by atomic mass is 10.1. The lowest BCUT2D eigenvalue weighted by Crippen LogP contribution is -2.35. The van der Waals surface area contributed by atoms with E-state index in [4.69, 9.17) is 0 Å². The van der Waals surface area contributed by atoms with Crippen LogP contribution in [0.2, 0.25) is 0 Å². The quantitative estimate of drug-likeness (QED) is 0.406. The molecular formula is C17H14F5N9O2S. The van der Waals surface area contributed by atoms with E-state index in [9.17, 15) is 30.4 Å². The van der Waals surface area contributed by atoms with Crippen molar-refractivity contribution in [2.45, 2.75) is 30.8 Å². The minimum Gasteiger partial charge on any atom is -0.309 e. The van der Waals surface area contributed by atoms with Crippen LogP contribution >= 0.6 is 0 Å². The highest BCUT2D eigenvalue weighted by Crippen LogP contribution is 2.45. The number of rotatable bonds is 5. The van der Waals surface area contributed by atoms with E-state index >= 15 is 0 Å². The fourth-order valence-electron chi connectivity index (χ4n) is 3.20. The Hall–Kier alpha value is -3.63. The van der Waals surface area contributed by atoms with Crippen molar-refractivity contribution in [1.29, 1.82) is 0 Å². The number of aromatic nitrogens is 9. The first-order valence-corrected chi connectivity index (χ1v) is 11.1. The lowest BCUT2D eigenvalue weighted by Gasteiger charge is -2.19. The summed E-state index contributed by atoms with van der Waals surface area (Å²) in [5.41, 5.74) is -2.56. The predicted molar refractivity (Wildman–Crippen MR) is 105 cm³/mol. The first-order chi connectivity index (χ1) is 15.8. The second kappa shape index (κ2) is 7.71. The third-order valence-electron chi connectivity index (χ3n) is 5.06. The predicted octanol–water partition coefficient (Wildman–Crippen LogP) is 2.36. The number of hydrogen-bond donors (Lipinski definition) is 1. The molecule has 4 heterocycles. The molecule has 0 radical (unpaired) electrons. The van der Waals surface area contributed by atoms with Gasteiger partial charge in [-0.05, 0) is 18.2 Å². The summed E-state index contributed by atoms with van der Waals surface area (Å²) in [6, 6.07) is 1.24. The number of hydrogen-bond acceptors (Lipinski definition) is 9. The van der Waals surface area contributed by atoms with Gasteiger partial charge in [-0.3, -0.25) is 4.98 Å². The van der Waals surface area contributed by atoms with Crippen molar-refractivity contribution in [3.05, 3.63) is 23.5 Å². The zero-order chi connectivity index (χ0) is 25.1. The second-order valence-corrected chi connectivity index (χ2v) is 9.37. The topological polar surface area (TPSA) is 145 Å². The minimum atomic E-state index is -5.90. The van der Waals surface area contributed by atoms with Gasteiger partial charge in [-0.2, -0.15) is 27.2 Å². The summed E-state index contributed by atoms with van der Waals surface area (Å²) in [6.45, 7) is 2.40. The van der Waals surface area contributed by atoms with Crippen LogP contribution in [0.15, 0.2) is 17.2 Å². The second-order valence-electron chi connectivity index (χ2n) is 7.12. The third-order valence-corrected chi connectivity index (χ3v) is 6.80. The maximum absolute atomic E-state index is 14.0. The molecule has 0 aliphatic rings. The van der Waals surface area contributed by atoms with E-state index in [1.807, 2.05) is 0 Å². The molecule has 0 aliphatic heterocycles. The minimum absolute atomic E-state index is 0.0670.